The van der Waals surface area contributed by atoms with Gasteiger partial charge in [0.1, 0.15) is 0 Å². The van der Waals surface area contributed by atoms with Crippen LogP contribution in [0.25, 0.3) is 10.8 Å². The molecule has 1 heterocycles. The molecule has 0 aliphatic heterocycles. The Morgan fingerprint density at radius 1 is 1.30 bits per heavy atom. The van der Waals surface area contributed by atoms with Gasteiger partial charge in [0.15, 0.2) is 17.2 Å². The summed E-state index contributed by atoms with van der Waals surface area (Å²) in [5.74, 6) is -0.493. The number of carbonyl (C=O) groups excluding carboxylic acids is 1. The average Bonchev–Trinajstić information content (AvgIpc) is 2.74. The lowest BCUT2D eigenvalue weighted by Crippen LogP contribution is -2.29. The van der Waals surface area contributed by atoms with Gasteiger partial charge in [-0.25, -0.2) is 10.1 Å². The molecule has 0 unspecified atom stereocenters. The maximum absolute atomic E-state index is 12.7. The van der Waals surface area contributed by atoms with Crippen molar-refractivity contribution < 1.29 is 14.6 Å². The molecule has 1 amide bonds. The van der Waals surface area contributed by atoms with Crippen LogP contribution in [0.1, 0.15) is 36.3 Å². The van der Waals surface area contributed by atoms with E-state index >= 15 is 0 Å². The summed E-state index contributed by atoms with van der Waals surface area (Å²) in [6.45, 7) is 4.46. The summed E-state index contributed by atoms with van der Waals surface area (Å²) in [5, 5.41) is 19.0. The highest BCUT2D eigenvalue weighted by molar-refractivity contribution is 6.32. The fourth-order valence-corrected chi connectivity index (χ4v) is 3.14. The van der Waals surface area contributed by atoms with E-state index in [4.69, 9.17) is 16.3 Å². The number of nitrogens with zero attached hydrogens (tertiary/aromatic N) is 3. The molecule has 156 valence electrons. The highest BCUT2D eigenvalue weighted by atomic mass is 35.5. The van der Waals surface area contributed by atoms with E-state index in [2.05, 4.69) is 15.6 Å². The lowest BCUT2D eigenvalue weighted by atomic mass is 10.1. The largest absolute Gasteiger partial charge is 0.503 e. The SMILES string of the molecule is CCCn1nc(C(=O)N/N=C/c2cc(Cl)c(O)c(OCC)c2)c2ccccc2c1=O. The number of ether oxygens (including phenoxy) is 1. The average molecular weight is 429 g/mol. The summed E-state index contributed by atoms with van der Waals surface area (Å²) in [6.07, 6.45) is 2.07. The molecule has 30 heavy (non-hydrogen) atoms. The summed E-state index contributed by atoms with van der Waals surface area (Å²) < 4.78 is 6.61. The predicted molar refractivity (Wildman–Crippen MR) is 116 cm³/mol. The van der Waals surface area contributed by atoms with Gasteiger partial charge in [0, 0.05) is 11.9 Å². The van der Waals surface area contributed by atoms with Crippen LogP contribution < -0.4 is 15.7 Å². The molecule has 2 aromatic carbocycles. The Kier molecular flexibility index (Phi) is 6.68. The van der Waals surface area contributed by atoms with Crippen LogP contribution >= 0.6 is 11.6 Å². The van der Waals surface area contributed by atoms with E-state index in [1.165, 1.54) is 17.0 Å². The minimum absolute atomic E-state index is 0.105. The minimum Gasteiger partial charge on any atom is -0.503 e. The predicted octanol–water partition coefficient (Wildman–Crippen LogP) is 3.33. The van der Waals surface area contributed by atoms with Gasteiger partial charge in [-0.1, -0.05) is 36.7 Å². The van der Waals surface area contributed by atoms with Gasteiger partial charge in [-0.2, -0.15) is 10.2 Å². The zero-order valence-electron chi connectivity index (χ0n) is 16.6. The van der Waals surface area contributed by atoms with E-state index in [-0.39, 0.29) is 27.8 Å². The van der Waals surface area contributed by atoms with E-state index in [1.807, 2.05) is 6.92 Å². The molecule has 2 N–H and O–H groups in total. The molecule has 0 atom stereocenters. The van der Waals surface area contributed by atoms with Crippen molar-refractivity contribution in [2.75, 3.05) is 6.61 Å². The number of hydrogen-bond donors (Lipinski definition) is 2. The molecule has 0 fully saturated rings. The number of hydrazone groups is 1. The molecule has 3 aromatic rings. The van der Waals surface area contributed by atoms with Gasteiger partial charge >= 0.3 is 0 Å². The van der Waals surface area contributed by atoms with Gasteiger partial charge in [0.05, 0.1) is 23.2 Å². The Morgan fingerprint density at radius 3 is 2.73 bits per heavy atom. The number of amides is 1. The zero-order valence-corrected chi connectivity index (χ0v) is 17.3. The van der Waals surface area contributed by atoms with Crippen molar-refractivity contribution in [1.82, 2.24) is 15.2 Å². The van der Waals surface area contributed by atoms with E-state index in [9.17, 15) is 14.7 Å². The fraction of sp³-hybridized carbons (Fsp3) is 0.238. The number of phenols is 1. The Bertz CT molecular complexity index is 1170. The van der Waals surface area contributed by atoms with E-state index < -0.39 is 5.91 Å². The summed E-state index contributed by atoms with van der Waals surface area (Å²) in [6, 6.07) is 9.86. The first-order valence-corrected chi connectivity index (χ1v) is 9.82. The van der Waals surface area contributed by atoms with E-state index in [0.717, 1.165) is 0 Å². The van der Waals surface area contributed by atoms with Crippen molar-refractivity contribution in [3.05, 3.63) is 63.0 Å². The number of phenolic OH excluding ortho intramolecular Hbond substituents is 1. The molecular formula is C21H21ClN4O4. The van der Waals surface area contributed by atoms with Gasteiger partial charge in [-0.15, -0.1) is 0 Å². The summed E-state index contributed by atoms with van der Waals surface area (Å²) in [5.41, 5.74) is 2.81. The lowest BCUT2D eigenvalue weighted by molar-refractivity contribution is 0.0949. The standard InChI is InChI=1S/C21H21ClN4O4/c1-3-9-26-21(29)15-8-6-5-7-14(15)18(25-26)20(28)24-23-12-13-10-16(22)19(27)17(11-13)30-4-2/h5-8,10-12,27H,3-4,9H2,1-2H3,(H,24,28)/b23-12+. The van der Waals surface area contributed by atoms with Gasteiger partial charge < -0.3 is 9.84 Å². The number of carbonyl (C=O) groups is 1. The first-order valence-electron chi connectivity index (χ1n) is 9.44. The minimum atomic E-state index is -0.554. The number of halogens is 1. The van der Waals surface area contributed by atoms with Gasteiger partial charge in [-0.3, -0.25) is 9.59 Å². The second kappa shape index (κ2) is 9.41. The van der Waals surface area contributed by atoms with Gasteiger partial charge in [-0.05, 0) is 37.1 Å². The van der Waals surface area contributed by atoms with Crippen molar-refractivity contribution in [2.24, 2.45) is 5.10 Å². The van der Waals surface area contributed by atoms with Crippen molar-refractivity contribution in [1.29, 1.82) is 0 Å². The van der Waals surface area contributed by atoms with Crippen LogP contribution in [-0.4, -0.2) is 33.6 Å². The third-order valence-corrected chi connectivity index (χ3v) is 4.54. The number of hydrogen-bond acceptors (Lipinski definition) is 6. The molecule has 1 aromatic heterocycles. The van der Waals surface area contributed by atoms with Crippen LogP contribution in [0, 0.1) is 0 Å². The Morgan fingerprint density at radius 2 is 2.03 bits per heavy atom. The summed E-state index contributed by atoms with van der Waals surface area (Å²) >= 11 is 6.00. The first kappa shape index (κ1) is 21.3. The van der Waals surface area contributed by atoms with Crippen molar-refractivity contribution in [3.8, 4) is 11.5 Å². The third-order valence-electron chi connectivity index (χ3n) is 4.25. The van der Waals surface area contributed by atoms with Crippen LogP contribution in [-0.2, 0) is 6.54 Å². The van der Waals surface area contributed by atoms with Crippen LogP contribution in [0.2, 0.25) is 5.02 Å². The highest BCUT2D eigenvalue weighted by Gasteiger charge is 2.16. The molecular weight excluding hydrogens is 408 g/mol. The Labute approximate surface area is 177 Å². The molecule has 0 spiro atoms. The summed E-state index contributed by atoms with van der Waals surface area (Å²) in [4.78, 5) is 25.2. The molecule has 0 bridgehead atoms. The Balaban J connectivity index is 1.89. The molecule has 0 radical (unpaired) electrons. The second-order valence-electron chi connectivity index (χ2n) is 6.40. The molecule has 3 rings (SSSR count). The quantitative estimate of drug-likeness (QED) is 0.443. The topological polar surface area (TPSA) is 106 Å². The highest BCUT2D eigenvalue weighted by Crippen LogP contribution is 2.34. The lowest BCUT2D eigenvalue weighted by Gasteiger charge is -2.09. The molecule has 0 saturated carbocycles. The Hall–Kier alpha value is -3.39. The second-order valence-corrected chi connectivity index (χ2v) is 6.81. The molecule has 0 aliphatic rings. The number of rotatable bonds is 7. The number of benzene rings is 2. The van der Waals surface area contributed by atoms with Crippen molar-refractivity contribution in [3.63, 3.8) is 0 Å². The normalized spacial score (nSPS) is 11.2. The van der Waals surface area contributed by atoms with Crippen LogP contribution in [0.3, 0.4) is 0 Å². The maximum Gasteiger partial charge on any atom is 0.292 e. The zero-order chi connectivity index (χ0) is 21.7. The number of aromatic hydroxyl groups is 1. The molecule has 0 aliphatic carbocycles. The fourth-order valence-electron chi connectivity index (χ4n) is 2.92. The van der Waals surface area contributed by atoms with Crippen molar-refractivity contribution >= 4 is 34.5 Å². The van der Waals surface area contributed by atoms with Crippen molar-refractivity contribution in [2.45, 2.75) is 26.8 Å². The number of aryl methyl sites for hydroxylation is 1. The number of nitrogens with one attached hydrogen (secondary N) is 1. The van der Waals surface area contributed by atoms with E-state index in [0.29, 0.717) is 35.9 Å². The van der Waals surface area contributed by atoms with Crippen LogP contribution in [0.4, 0.5) is 0 Å². The van der Waals surface area contributed by atoms with Gasteiger partial charge in [0.2, 0.25) is 0 Å². The first-order chi connectivity index (χ1) is 14.5. The molecule has 8 nitrogen and oxygen atoms in total. The number of fused-ring (bicyclic) bond motifs is 1. The monoisotopic (exact) mass is 428 g/mol. The third kappa shape index (κ3) is 4.44. The summed E-state index contributed by atoms with van der Waals surface area (Å²) in [7, 11) is 0. The maximum atomic E-state index is 12.7. The van der Waals surface area contributed by atoms with E-state index in [1.54, 1.807) is 37.3 Å². The van der Waals surface area contributed by atoms with Crippen LogP contribution in [0.15, 0.2) is 46.3 Å². The van der Waals surface area contributed by atoms with Crippen LogP contribution in [0.5, 0.6) is 11.5 Å². The molecule has 0 saturated heterocycles. The smallest absolute Gasteiger partial charge is 0.292 e. The van der Waals surface area contributed by atoms with Gasteiger partial charge in [0.25, 0.3) is 11.5 Å². The molecule has 9 heteroatoms. The number of aromatic nitrogens is 2.